The van der Waals surface area contributed by atoms with Gasteiger partial charge in [-0.1, -0.05) is 20.3 Å². The van der Waals surface area contributed by atoms with Gasteiger partial charge in [0.25, 0.3) is 0 Å². The van der Waals surface area contributed by atoms with Crippen molar-refractivity contribution in [3.63, 3.8) is 0 Å². The van der Waals surface area contributed by atoms with Crippen molar-refractivity contribution in [1.29, 1.82) is 0 Å². The Labute approximate surface area is 136 Å². The number of nitrogens with one attached hydrogen (secondary N) is 1. The Morgan fingerprint density at radius 3 is 2.59 bits per heavy atom. The van der Waals surface area contributed by atoms with E-state index in [0.717, 1.165) is 49.6 Å². The fourth-order valence-corrected chi connectivity index (χ4v) is 5.43. The van der Waals surface area contributed by atoms with Gasteiger partial charge < -0.3 is 10.2 Å². The smallest absolute Gasteiger partial charge is 0.223 e. The van der Waals surface area contributed by atoms with Crippen molar-refractivity contribution in [2.24, 2.45) is 29.6 Å². The van der Waals surface area contributed by atoms with Crippen LogP contribution in [-0.2, 0) is 4.79 Å². The number of carbonyl (C=O) groups is 1. The maximum atomic E-state index is 12.5. The van der Waals surface area contributed by atoms with Crippen LogP contribution in [0.2, 0.25) is 0 Å². The van der Waals surface area contributed by atoms with E-state index in [1.165, 1.54) is 45.2 Å². The molecule has 1 aliphatic heterocycles. The van der Waals surface area contributed by atoms with Crippen molar-refractivity contribution >= 4 is 5.91 Å². The lowest BCUT2D eigenvalue weighted by Crippen LogP contribution is -2.39. The largest absolute Gasteiger partial charge is 0.355 e. The topological polar surface area (TPSA) is 32.3 Å². The third kappa shape index (κ3) is 3.84. The van der Waals surface area contributed by atoms with E-state index in [1.54, 1.807) is 0 Å². The molecule has 1 amide bonds. The van der Waals surface area contributed by atoms with Crippen molar-refractivity contribution in [2.75, 3.05) is 26.2 Å². The highest BCUT2D eigenvalue weighted by Crippen LogP contribution is 2.49. The minimum Gasteiger partial charge on any atom is -0.355 e. The Morgan fingerprint density at radius 1 is 1.05 bits per heavy atom. The van der Waals surface area contributed by atoms with Crippen LogP contribution in [0, 0.1) is 29.6 Å². The lowest BCUT2D eigenvalue weighted by Gasteiger charge is -2.35. The third-order valence-corrected chi connectivity index (χ3v) is 6.51. The molecule has 3 heteroatoms. The first-order valence-electron chi connectivity index (χ1n) is 9.63. The molecule has 1 saturated heterocycles. The van der Waals surface area contributed by atoms with Crippen LogP contribution >= 0.6 is 0 Å². The zero-order valence-corrected chi connectivity index (χ0v) is 14.5. The third-order valence-electron chi connectivity index (χ3n) is 6.51. The van der Waals surface area contributed by atoms with Gasteiger partial charge in [-0.15, -0.1) is 0 Å². The number of hydrogen-bond donors (Lipinski definition) is 1. The van der Waals surface area contributed by atoms with Gasteiger partial charge in [0.2, 0.25) is 5.91 Å². The first kappa shape index (κ1) is 16.3. The molecule has 5 unspecified atom stereocenters. The van der Waals surface area contributed by atoms with E-state index in [2.05, 4.69) is 24.1 Å². The highest BCUT2D eigenvalue weighted by molar-refractivity contribution is 5.79. The Morgan fingerprint density at radius 2 is 1.82 bits per heavy atom. The van der Waals surface area contributed by atoms with Gasteiger partial charge in [-0.2, -0.15) is 0 Å². The van der Waals surface area contributed by atoms with Gasteiger partial charge in [-0.25, -0.2) is 0 Å². The van der Waals surface area contributed by atoms with Crippen LogP contribution in [0.15, 0.2) is 0 Å². The van der Waals surface area contributed by atoms with E-state index in [4.69, 9.17) is 0 Å². The summed E-state index contributed by atoms with van der Waals surface area (Å²) in [7, 11) is 0. The van der Waals surface area contributed by atoms with Crippen LogP contribution in [0.3, 0.4) is 0 Å². The molecule has 1 N–H and O–H groups in total. The quantitative estimate of drug-likeness (QED) is 0.864. The SMILES string of the molecule is CC1CC(C)C2CC(C(=O)NCCN3CCCCC3)CC2C1. The van der Waals surface area contributed by atoms with Crippen molar-refractivity contribution in [3.05, 3.63) is 0 Å². The number of carbonyl (C=O) groups excluding carboxylic acids is 1. The summed E-state index contributed by atoms with van der Waals surface area (Å²) >= 11 is 0. The molecule has 3 rings (SSSR count). The molecule has 3 fully saturated rings. The lowest BCUT2D eigenvalue weighted by molar-refractivity contribution is -0.125. The summed E-state index contributed by atoms with van der Waals surface area (Å²) in [5.74, 6) is 3.94. The summed E-state index contributed by atoms with van der Waals surface area (Å²) in [6, 6.07) is 0. The normalized spacial score (nSPS) is 39.5. The predicted molar refractivity (Wildman–Crippen MR) is 90.6 cm³/mol. The molecule has 0 aromatic carbocycles. The molecule has 22 heavy (non-hydrogen) atoms. The van der Waals surface area contributed by atoms with Gasteiger partial charge in [0.1, 0.15) is 0 Å². The second-order valence-corrected chi connectivity index (χ2v) is 8.34. The van der Waals surface area contributed by atoms with Crippen LogP contribution < -0.4 is 5.32 Å². The molecular weight excluding hydrogens is 272 g/mol. The second-order valence-electron chi connectivity index (χ2n) is 8.34. The maximum absolute atomic E-state index is 12.5. The molecule has 3 aliphatic rings. The van der Waals surface area contributed by atoms with Crippen molar-refractivity contribution in [3.8, 4) is 0 Å². The molecule has 3 nitrogen and oxygen atoms in total. The number of hydrogen-bond acceptors (Lipinski definition) is 2. The summed E-state index contributed by atoms with van der Waals surface area (Å²) in [6.45, 7) is 9.12. The van der Waals surface area contributed by atoms with Crippen molar-refractivity contribution in [2.45, 2.75) is 58.8 Å². The van der Waals surface area contributed by atoms with E-state index in [1.807, 2.05) is 0 Å². The summed E-state index contributed by atoms with van der Waals surface area (Å²) < 4.78 is 0. The Kier molecular flexibility index (Phi) is 5.43. The van der Waals surface area contributed by atoms with E-state index in [0.29, 0.717) is 11.8 Å². The molecule has 0 bridgehead atoms. The minimum atomic E-state index is 0.295. The average molecular weight is 306 g/mol. The van der Waals surface area contributed by atoms with Gasteiger partial charge in [-0.05, 0) is 75.3 Å². The number of amides is 1. The molecule has 5 atom stereocenters. The molecule has 0 radical (unpaired) electrons. The highest BCUT2D eigenvalue weighted by atomic mass is 16.1. The maximum Gasteiger partial charge on any atom is 0.223 e. The van der Waals surface area contributed by atoms with Crippen molar-refractivity contribution < 1.29 is 4.79 Å². The minimum absolute atomic E-state index is 0.295. The number of rotatable bonds is 4. The fraction of sp³-hybridized carbons (Fsp3) is 0.947. The molecule has 1 heterocycles. The predicted octanol–water partition coefficient (Wildman–Crippen LogP) is 3.30. The number of fused-ring (bicyclic) bond motifs is 1. The molecule has 0 aromatic heterocycles. The molecule has 2 aliphatic carbocycles. The summed E-state index contributed by atoms with van der Waals surface area (Å²) in [4.78, 5) is 15.0. The number of piperidine rings is 1. The lowest BCUT2D eigenvalue weighted by atomic mass is 9.70. The average Bonchev–Trinajstić information content (AvgIpc) is 2.92. The number of likely N-dealkylation sites (tertiary alicyclic amines) is 1. The highest BCUT2D eigenvalue weighted by Gasteiger charge is 2.43. The van der Waals surface area contributed by atoms with Gasteiger partial charge in [0.05, 0.1) is 0 Å². The number of nitrogens with zero attached hydrogens (tertiary/aromatic N) is 1. The zero-order valence-electron chi connectivity index (χ0n) is 14.5. The molecule has 126 valence electrons. The van der Waals surface area contributed by atoms with E-state index < -0.39 is 0 Å². The van der Waals surface area contributed by atoms with Gasteiger partial charge in [0, 0.05) is 19.0 Å². The van der Waals surface area contributed by atoms with Crippen molar-refractivity contribution in [1.82, 2.24) is 10.2 Å². The standard InChI is InChI=1S/C19H34N2O/c1-14-10-15(2)18-13-17(12-16(18)11-14)19(22)20-6-9-21-7-4-3-5-8-21/h14-18H,3-13H2,1-2H3,(H,20,22). The van der Waals surface area contributed by atoms with E-state index >= 15 is 0 Å². The second kappa shape index (κ2) is 7.33. The van der Waals surface area contributed by atoms with Gasteiger partial charge in [-0.3, -0.25) is 4.79 Å². The summed E-state index contributed by atoms with van der Waals surface area (Å²) in [5, 5.41) is 3.23. The van der Waals surface area contributed by atoms with Crippen LogP contribution in [0.4, 0.5) is 0 Å². The molecule has 0 aromatic rings. The summed E-state index contributed by atoms with van der Waals surface area (Å²) in [5.41, 5.74) is 0. The van der Waals surface area contributed by atoms with Crippen LogP contribution in [-0.4, -0.2) is 37.0 Å². The summed E-state index contributed by atoms with van der Waals surface area (Å²) in [6.07, 6.45) is 9.05. The zero-order chi connectivity index (χ0) is 15.5. The van der Waals surface area contributed by atoms with Crippen LogP contribution in [0.5, 0.6) is 0 Å². The van der Waals surface area contributed by atoms with Crippen LogP contribution in [0.25, 0.3) is 0 Å². The van der Waals surface area contributed by atoms with E-state index in [9.17, 15) is 4.79 Å². The Balaban J connectivity index is 1.41. The molecule has 0 spiro atoms. The molecular formula is C19H34N2O. The fourth-order valence-electron chi connectivity index (χ4n) is 5.43. The van der Waals surface area contributed by atoms with Gasteiger partial charge >= 0.3 is 0 Å². The van der Waals surface area contributed by atoms with Crippen LogP contribution in [0.1, 0.15) is 58.8 Å². The monoisotopic (exact) mass is 306 g/mol. The first-order chi connectivity index (χ1) is 10.6. The molecule has 2 saturated carbocycles. The Bertz CT molecular complexity index is 378. The van der Waals surface area contributed by atoms with E-state index in [-0.39, 0.29) is 0 Å². The van der Waals surface area contributed by atoms with Gasteiger partial charge in [0.15, 0.2) is 0 Å². The first-order valence-corrected chi connectivity index (χ1v) is 9.63. The Hall–Kier alpha value is -0.570.